The molecule has 264 valence electrons. The largest absolute Gasteiger partial charge is 0.456 e. The summed E-state index contributed by atoms with van der Waals surface area (Å²) in [7, 11) is 0. The van der Waals surface area contributed by atoms with Gasteiger partial charge in [0.1, 0.15) is 11.2 Å². The van der Waals surface area contributed by atoms with E-state index in [2.05, 4.69) is 217 Å². The van der Waals surface area contributed by atoms with Crippen LogP contribution < -0.4 is 4.90 Å². The Morgan fingerprint density at radius 3 is 1.39 bits per heavy atom. The highest BCUT2D eigenvalue weighted by atomic mass is 16.3. The van der Waals surface area contributed by atoms with Crippen LogP contribution in [-0.2, 0) is 0 Å². The van der Waals surface area contributed by atoms with Gasteiger partial charge >= 0.3 is 0 Å². The summed E-state index contributed by atoms with van der Waals surface area (Å²) in [6.07, 6.45) is 0. The number of fused-ring (bicyclic) bond motifs is 3. The fraction of sp³-hybridized carbons (Fsp3) is 0. The zero-order valence-electron chi connectivity index (χ0n) is 30.7. The Morgan fingerprint density at radius 2 is 0.732 bits per heavy atom. The Balaban J connectivity index is 1.14. The molecule has 10 aromatic rings. The lowest BCUT2D eigenvalue weighted by Crippen LogP contribution is -2.11. The van der Waals surface area contributed by atoms with Crippen LogP contribution in [0.2, 0.25) is 0 Å². The first-order chi connectivity index (χ1) is 27.8. The van der Waals surface area contributed by atoms with E-state index in [4.69, 9.17) is 4.42 Å². The average Bonchev–Trinajstić information content (AvgIpc) is 3.67. The second-order valence-corrected chi connectivity index (χ2v) is 14.1. The molecule has 0 atom stereocenters. The first kappa shape index (κ1) is 33.2. The Kier molecular flexibility index (Phi) is 8.55. The van der Waals surface area contributed by atoms with Crippen LogP contribution in [0.15, 0.2) is 229 Å². The molecular weight excluding hydrogens is 679 g/mol. The SMILES string of the molecule is c1ccc(-c2ccc(N(c3ccc(-c4cccc5oc6ccccc6c45)cc3)c3ccc(-c4ccccc4-c4ccccc4)cc3-c3ccccc3)cc2)cc1. The molecule has 2 heteroatoms. The minimum Gasteiger partial charge on any atom is -0.456 e. The predicted molar refractivity (Wildman–Crippen MR) is 236 cm³/mol. The molecule has 0 radical (unpaired) electrons. The zero-order valence-corrected chi connectivity index (χ0v) is 30.7. The number of hydrogen-bond donors (Lipinski definition) is 0. The summed E-state index contributed by atoms with van der Waals surface area (Å²) in [5.74, 6) is 0. The van der Waals surface area contributed by atoms with Gasteiger partial charge in [0.15, 0.2) is 0 Å². The van der Waals surface area contributed by atoms with Crippen LogP contribution in [0.25, 0.3) is 77.6 Å². The molecule has 9 aromatic carbocycles. The van der Waals surface area contributed by atoms with Gasteiger partial charge in [-0.3, -0.25) is 0 Å². The van der Waals surface area contributed by atoms with Crippen molar-refractivity contribution in [3.63, 3.8) is 0 Å². The van der Waals surface area contributed by atoms with Gasteiger partial charge < -0.3 is 9.32 Å². The van der Waals surface area contributed by atoms with Gasteiger partial charge in [-0.05, 0) is 98.6 Å². The van der Waals surface area contributed by atoms with Gasteiger partial charge in [-0.1, -0.05) is 176 Å². The molecule has 0 aliphatic rings. The van der Waals surface area contributed by atoms with Gasteiger partial charge in [-0.25, -0.2) is 0 Å². The molecule has 0 saturated heterocycles. The first-order valence-corrected chi connectivity index (χ1v) is 19.1. The van der Waals surface area contributed by atoms with E-state index >= 15 is 0 Å². The molecule has 0 spiro atoms. The summed E-state index contributed by atoms with van der Waals surface area (Å²) < 4.78 is 6.25. The molecule has 0 aliphatic heterocycles. The average molecular weight is 716 g/mol. The van der Waals surface area contributed by atoms with E-state index in [0.717, 1.165) is 61.3 Å². The smallest absolute Gasteiger partial charge is 0.136 e. The minimum absolute atomic E-state index is 0.898. The molecular formula is C54H37NO. The Bertz CT molecular complexity index is 2930. The topological polar surface area (TPSA) is 16.4 Å². The lowest BCUT2D eigenvalue weighted by atomic mass is 9.91. The van der Waals surface area contributed by atoms with Gasteiger partial charge in [0.2, 0.25) is 0 Å². The van der Waals surface area contributed by atoms with Crippen molar-refractivity contribution >= 4 is 39.0 Å². The van der Waals surface area contributed by atoms with E-state index < -0.39 is 0 Å². The second kappa shape index (κ2) is 14.4. The van der Waals surface area contributed by atoms with E-state index in [1.165, 1.54) is 33.4 Å². The van der Waals surface area contributed by atoms with Gasteiger partial charge in [-0.15, -0.1) is 0 Å². The normalized spacial score (nSPS) is 11.2. The molecule has 0 aliphatic carbocycles. The summed E-state index contributed by atoms with van der Waals surface area (Å²) in [6, 6.07) is 80.1. The maximum absolute atomic E-state index is 6.25. The third-order valence-electron chi connectivity index (χ3n) is 10.7. The summed E-state index contributed by atoms with van der Waals surface area (Å²) in [6.45, 7) is 0. The van der Waals surface area contributed by atoms with Gasteiger partial charge in [0.05, 0.1) is 5.69 Å². The molecule has 1 heterocycles. The fourth-order valence-corrected chi connectivity index (χ4v) is 8.02. The Morgan fingerprint density at radius 1 is 0.286 bits per heavy atom. The van der Waals surface area contributed by atoms with Crippen LogP contribution in [0.1, 0.15) is 0 Å². The van der Waals surface area contributed by atoms with E-state index in [0.29, 0.717) is 0 Å². The first-order valence-electron chi connectivity index (χ1n) is 19.1. The number of rotatable bonds is 8. The third-order valence-corrected chi connectivity index (χ3v) is 10.7. The zero-order chi connectivity index (χ0) is 37.3. The molecule has 0 saturated carbocycles. The van der Waals surface area contributed by atoms with Crippen LogP contribution in [0.3, 0.4) is 0 Å². The lowest BCUT2D eigenvalue weighted by molar-refractivity contribution is 0.669. The highest BCUT2D eigenvalue weighted by Crippen LogP contribution is 2.45. The van der Waals surface area contributed by atoms with Crippen LogP contribution in [0.5, 0.6) is 0 Å². The Hall–Kier alpha value is -7.42. The highest BCUT2D eigenvalue weighted by molar-refractivity contribution is 6.12. The number of anilines is 3. The van der Waals surface area contributed by atoms with Crippen molar-refractivity contribution in [1.82, 2.24) is 0 Å². The standard InChI is InChI=1S/C54H37NO/c1-4-15-38(16-5-1)39-27-32-44(33-28-39)55(45-34-29-42(30-35-45)48-24-14-26-53-54(48)49-23-12-13-25-52(49)56-53)51-36-31-43(37-50(51)41-19-8-3-9-20-41)47-22-11-10-21-46(47)40-17-6-2-7-18-40/h1-37H. The molecule has 0 fully saturated rings. The number of nitrogens with zero attached hydrogens (tertiary/aromatic N) is 1. The molecule has 56 heavy (non-hydrogen) atoms. The van der Waals surface area contributed by atoms with Crippen molar-refractivity contribution in [3.05, 3.63) is 224 Å². The maximum Gasteiger partial charge on any atom is 0.136 e. The number of para-hydroxylation sites is 1. The minimum atomic E-state index is 0.898. The monoisotopic (exact) mass is 715 g/mol. The fourth-order valence-electron chi connectivity index (χ4n) is 8.02. The van der Waals surface area contributed by atoms with Gasteiger partial charge in [-0.2, -0.15) is 0 Å². The number of hydrogen-bond acceptors (Lipinski definition) is 2. The predicted octanol–water partition coefficient (Wildman–Crippen LogP) is 15.4. The lowest BCUT2D eigenvalue weighted by Gasteiger charge is -2.29. The molecule has 1 aromatic heterocycles. The van der Waals surface area contributed by atoms with Crippen molar-refractivity contribution in [2.24, 2.45) is 0 Å². The molecule has 0 N–H and O–H groups in total. The van der Waals surface area contributed by atoms with Gasteiger partial charge in [0, 0.05) is 27.7 Å². The molecule has 10 rings (SSSR count). The number of furan rings is 1. The molecule has 2 nitrogen and oxygen atoms in total. The van der Waals surface area contributed by atoms with Crippen LogP contribution >= 0.6 is 0 Å². The van der Waals surface area contributed by atoms with Crippen molar-refractivity contribution in [1.29, 1.82) is 0 Å². The van der Waals surface area contributed by atoms with Crippen LogP contribution in [-0.4, -0.2) is 0 Å². The highest BCUT2D eigenvalue weighted by Gasteiger charge is 2.20. The van der Waals surface area contributed by atoms with E-state index in [1.807, 2.05) is 12.1 Å². The van der Waals surface area contributed by atoms with Crippen molar-refractivity contribution in [2.75, 3.05) is 4.90 Å². The van der Waals surface area contributed by atoms with Crippen LogP contribution in [0, 0.1) is 0 Å². The molecule has 0 amide bonds. The van der Waals surface area contributed by atoms with Crippen molar-refractivity contribution in [3.8, 4) is 55.6 Å². The summed E-state index contributed by atoms with van der Waals surface area (Å²) >= 11 is 0. The molecule has 0 bridgehead atoms. The van der Waals surface area contributed by atoms with Crippen LogP contribution in [0.4, 0.5) is 17.1 Å². The Labute approximate surface area is 327 Å². The molecule has 0 unspecified atom stereocenters. The van der Waals surface area contributed by atoms with E-state index in [9.17, 15) is 0 Å². The summed E-state index contributed by atoms with van der Waals surface area (Å²) in [4.78, 5) is 2.39. The van der Waals surface area contributed by atoms with Crippen molar-refractivity contribution in [2.45, 2.75) is 0 Å². The quantitative estimate of drug-likeness (QED) is 0.156. The number of benzene rings is 9. The van der Waals surface area contributed by atoms with E-state index in [-0.39, 0.29) is 0 Å². The maximum atomic E-state index is 6.25. The summed E-state index contributed by atoms with van der Waals surface area (Å²) in [5.41, 5.74) is 16.8. The van der Waals surface area contributed by atoms with Crippen molar-refractivity contribution < 1.29 is 4.42 Å². The van der Waals surface area contributed by atoms with E-state index in [1.54, 1.807) is 0 Å². The second-order valence-electron chi connectivity index (χ2n) is 14.1. The van der Waals surface area contributed by atoms with Gasteiger partial charge in [0.25, 0.3) is 0 Å². The third kappa shape index (κ3) is 6.14. The summed E-state index contributed by atoms with van der Waals surface area (Å²) in [5, 5.41) is 2.27.